The van der Waals surface area contributed by atoms with Gasteiger partial charge >= 0.3 is 40.2 Å². The van der Waals surface area contributed by atoms with Crippen molar-refractivity contribution in [2.24, 2.45) is 0 Å². The first kappa shape index (κ1) is 69.0. The number of hydrogen-bond donors (Lipinski definition) is 0. The summed E-state index contributed by atoms with van der Waals surface area (Å²) in [6, 6.07) is 64.6. The zero-order valence-electron chi connectivity index (χ0n) is 55.2. The van der Waals surface area contributed by atoms with Crippen molar-refractivity contribution in [3.8, 4) is 34.2 Å². The molecule has 2 aliphatic rings. The monoisotopic (exact) mass is 1600 g/mol. The van der Waals surface area contributed by atoms with E-state index in [9.17, 15) is 0 Å². The Bertz CT molecular complexity index is 4250. The molecule has 0 spiro atoms. The normalized spacial score (nSPS) is 12.8. The van der Waals surface area contributed by atoms with Crippen molar-refractivity contribution in [2.75, 3.05) is 23.9 Å². The molecule has 0 amide bonds. The van der Waals surface area contributed by atoms with Gasteiger partial charge in [-0.05, 0) is 131 Å². The second-order valence-electron chi connectivity index (χ2n) is 25.2. The predicted molar refractivity (Wildman–Crippen MR) is 384 cm³/mol. The van der Waals surface area contributed by atoms with Crippen LogP contribution in [-0.2, 0) is 40.2 Å². The number of fused-ring (bicyclic) bond motifs is 6. The van der Waals surface area contributed by atoms with Crippen LogP contribution in [0.15, 0.2) is 195 Å². The first-order valence-electron chi connectivity index (χ1n) is 31.5. The van der Waals surface area contributed by atoms with Gasteiger partial charge in [0, 0.05) is 45.6 Å². The summed E-state index contributed by atoms with van der Waals surface area (Å²) in [4.78, 5) is 17.6. The molecule has 12 heteroatoms. The number of anilines is 2. The SMILES string of the molecule is CC(C)c1cc(C(C)C)c(-n2ccnc2-c2[c-]cccc2)c(C(C)C)c1.CC(C)c1cc(C(C)C)c(-n2ccnc2-c2[c-]cccc2)c(C(C)C)c1.CN1C=CN(c2[c-]cc3sc4ccccc4c3c2)[CH-]1.CN1C=CN(c2[c-]ccc3c2sc2ccccc23)[CH-]1.[Ir+3].[Ir+3]. The first-order chi connectivity index (χ1) is 43.4. The van der Waals surface area contributed by atoms with Crippen LogP contribution in [0.3, 0.4) is 0 Å². The Morgan fingerprint density at radius 3 is 1.29 bits per heavy atom. The van der Waals surface area contributed by atoms with Crippen LogP contribution in [0.25, 0.3) is 74.5 Å². The molecule has 14 rings (SSSR count). The van der Waals surface area contributed by atoms with E-state index in [0.717, 1.165) is 34.2 Å². The molecule has 0 saturated heterocycles. The molecule has 4 aromatic heterocycles. The van der Waals surface area contributed by atoms with Gasteiger partial charge in [0.2, 0.25) is 0 Å². The number of rotatable bonds is 12. The second-order valence-corrected chi connectivity index (χ2v) is 27.3. The number of aromatic nitrogens is 4. The third-order valence-corrected chi connectivity index (χ3v) is 18.9. The molecule has 0 aliphatic carbocycles. The molecule has 0 radical (unpaired) electrons. The van der Waals surface area contributed by atoms with E-state index >= 15 is 0 Å². The Kier molecular flexibility index (Phi) is 22.9. The third-order valence-electron chi connectivity index (χ3n) is 16.6. The summed E-state index contributed by atoms with van der Waals surface area (Å²) in [7, 11) is 4.05. The molecule has 8 aromatic carbocycles. The van der Waals surface area contributed by atoms with Gasteiger partial charge in [-0.3, -0.25) is 9.97 Å². The van der Waals surface area contributed by atoms with Crippen molar-refractivity contribution >= 4 is 74.4 Å². The fraction of sp³-hybridized carbons (Fsp3) is 0.250. The van der Waals surface area contributed by atoms with Crippen LogP contribution < -0.4 is 9.80 Å². The van der Waals surface area contributed by atoms with Gasteiger partial charge in [0.05, 0.1) is 11.6 Å². The summed E-state index contributed by atoms with van der Waals surface area (Å²) >= 11 is 3.66. The molecule has 6 heterocycles. The van der Waals surface area contributed by atoms with Gasteiger partial charge in [-0.15, -0.1) is 94.3 Å². The maximum atomic E-state index is 4.65. The molecular weight excluding hydrogens is 1520 g/mol. The van der Waals surface area contributed by atoms with Crippen LogP contribution in [0, 0.1) is 37.6 Å². The molecule has 0 saturated carbocycles. The average molecular weight is 1600 g/mol. The van der Waals surface area contributed by atoms with Crippen LogP contribution in [-0.4, -0.2) is 43.0 Å². The van der Waals surface area contributed by atoms with Crippen molar-refractivity contribution in [1.29, 1.82) is 0 Å². The van der Waals surface area contributed by atoms with Crippen LogP contribution in [0.4, 0.5) is 11.4 Å². The minimum Gasteiger partial charge on any atom is -0.510 e. The van der Waals surface area contributed by atoms with Crippen molar-refractivity contribution < 1.29 is 40.2 Å². The predicted octanol–water partition coefficient (Wildman–Crippen LogP) is 21.8. The zero-order chi connectivity index (χ0) is 63.3. The van der Waals surface area contributed by atoms with Crippen molar-refractivity contribution in [3.05, 3.63) is 266 Å². The average Bonchev–Trinajstić information content (AvgIpc) is 1.59. The number of imidazole rings is 2. The molecular formula is C80H82Ir2N8S2. The van der Waals surface area contributed by atoms with Crippen molar-refractivity contribution in [1.82, 2.24) is 28.9 Å². The van der Waals surface area contributed by atoms with Crippen LogP contribution in [0.2, 0.25) is 0 Å². The molecule has 472 valence electrons. The number of nitrogens with zero attached hydrogens (tertiary/aromatic N) is 8. The third kappa shape index (κ3) is 15.0. The Labute approximate surface area is 581 Å². The number of thiophene rings is 2. The molecule has 0 atom stereocenters. The van der Waals surface area contributed by atoms with Gasteiger partial charge in [0.1, 0.15) is 0 Å². The Hall–Kier alpha value is -7.40. The summed E-state index contributed by atoms with van der Waals surface area (Å²) in [6.07, 6.45) is 16.1. The van der Waals surface area contributed by atoms with E-state index in [1.165, 1.54) is 85.1 Å². The maximum Gasteiger partial charge on any atom is 3.00 e. The summed E-state index contributed by atoms with van der Waals surface area (Å²) in [6.45, 7) is 31.4. The van der Waals surface area contributed by atoms with Crippen LogP contribution in [0.5, 0.6) is 0 Å². The van der Waals surface area contributed by atoms with E-state index in [1.54, 1.807) is 0 Å². The van der Waals surface area contributed by atoms with E-state index in [4.69, 9.17) is 0 Å². The summed E-state index contributed by atoms with van der Waals surface area (Å²) < 4.78 is 9.75. The first-order valence-corrected chi connectivity index (χ1v) is 33.2. The second kappa shape index (κ2) is 30.6. The van der Waals surface area contributed by atoms with E-state index in [1.807, 2.05) is 127 Å². The molecule has 8 nitrogen and oxygen atoms in total. The standard InChI is InChI=1S/2C24H29N2.2C16H12N2S.2Ir/c2*1-16(2)20-14-21(17(3)4)23(22(15-20)18(5)6)26-13-12-25-24(26)19-10-8-7-9-11-19;1-17-9-10-18(11-17)14-7-4-6-13-12-5-2-3-8-15(12)19-16(13)14;1-17-8-9-18(11-17)12-6-7-16-14(10-12)13-4-2-3-5-15(13)19-16;;/h2*7-10,12-18H,1-6H3;2-6,8-11H,1H3;2-5,7-11H,1H3;;/q2*-1;2*-2;2*+3. The topological polar surface area (TPSA) is 48.6 Å². The minimum absolute atomic E-state index is 0. The summed E-state index contributed by atoms with van der Waals surface area (Å²) in [5.74, 6) is 4.70. The van der Waals surface area contributed by atoms with Crippen LogP contribution in [0.1, 0.15) is 152 Å². The van der Waals surface area contributed by atoms with E-state index in [2.05, 4.69) is 265 Å². The Morgan fingerprint density at radius 2 is 0.859 bits per heavy atom. The molecule has 12 aromatic rings. The fourth-order valence-electron chi connectivity index (χ4n) is 11.7. The molecule has 0 N–H and O–H groups in total. The fourth-order valence-corrected chi connectivity index (χ4v) is 13.9. The van der Waals surface area contributed by atoms with Gasteiger partial charge in [-0.1, -0.05) is 159 Å². The molecule has 92 heavy (non-hydrogen) atoms. The summed E-state index contributed by atoms with van der Waals surface area (Å²) in [5.41, 5.74) is 15.2. The minimum atomic E-state index is 0. The Balaban J connectivity index is 0.000000145. The molecule has 0 unspecified atom stereocenters. The molecule has 2 aliphatic heterocycles. The van der Waals surface area contributed by atoms with Gasteiger partial charge in [-0.25, -0.2) is 22.7 Å². The largest absolute Gasteiger partial charge is 3.00 e. The van der Waals surface area contributed by atoms with E-state index < -0.39 is 0 Å². The number of hydrogen-bond acceptors (Lipinski definition) is 8. The maximum absolute atomic E-state index is 4.65. The quantitative estimate of drug-likeness (QED) is 0.114. The molecule has 0 fully saturated rings. The van der Waals surface area contributed by atoms with Crippen molar-refractivity contribution in [2.45, 2.75) is 119 Å². The van der Waals surface area contributed by atoms with Crippen molar-refractivity contribution in [3.63, 3.8) is 0 Å². The Morgan fingerprint density at radius 1 is 0.413 bits per heavy atom. The number of benzene rings is 8. The summed E-state index contributed by atoms with van der Waals surface area (Å²) in [5, 5.41) is 5.28. The van der Waals surface area contributed by atoms with Gasteiger partial charge in [0.15, 0.2) is 0 Å². The van der Waals surface area contributed by atoms with Gasteiger partial charge in [-0.2, -0.15) is 43.7 Å². The van der Waals surface area contributed by atoms with E-state index in [0.29, 0.717) is 35.5 Å². The van der Waals surface area contributed by atoms with Crippen LogP contribution >= 0.6 is 22.7 Å². The molecule has 0 bridgehead atoms. The van der Waals surface area contributed by atoms with Gasteiger partial charge in [0.25, 0.3) is 0 Å². The van der Waals surface area contributed by atoms with E-state index in [-0.39, 0.29) is 40.2 Å². The smallest absolute Gasteiger partial charge is 0.510 e. The van der Waals surface area contributed by atoms with Gasteiger partial charge < -0.3 is 28.7 Å². The zero-order valence-corrected chi connectivity index (χ0v) is 61.6.